The summed E-state index contributed by atoms with van der Waals surface area (Å²) in [4.78, 5) is 0. The number of halogens is 10. The van der Waals surface area contributed by atoms with E-state index in [9.17, 15) is 56.9 Å². The molecule has 0 saturated heterocycles. The summed E-state index contributed by atoms with van der Waals surface area (Å²) in [5, 5.41) is -6.77. The average Bonchev–Trinajstić information content (AvgIpc) is 2.34. The van der Waals surface area contributed by atoms with E-state index in [0.29, 0.717) is 0 Å². The van der Waals surface area contributed by atoms with Crippen molar-refractivity contribution in [3.63, 3.8) is 0 Å². The van der Waals surface area contributed by atoms with Gasteiger partial charge in [-0.15, -0.1) is 0 Å². The maximum atomic E-state index is 13.2. The molecule has 0 aliphatic carbocycles. The van der Waals surface area contributed by atoms with Gasteiger partial charge in [0.25, 0.3) is 0 Å². The molecule has 0 bridgehead atoms. The van der Waals surface area contributed by atoms with Crippen molar-refractivity contribution in [1.29, 1.82) is 0 Å². The van der Waals surface area contributed by atoms with Gasteiger partial charge in [0.1, 0.15) is 0 Å². The van der Waals surface area contributed by atoms with Gasteiger partial charge in [0, 0.05) is 6.42 Å². The van der Waals surface area contributed by atoms with E-state index in [1.54, 1.807) is 0 Å². The van der Waals surface area contributed by atoms with Crippen LogP contribution >= 0.6 is 0 Å². The Hall–Kier alpha value is 0.210. The molecule has 0 aliphatic rings. The summed E-state index contributed by atoms with van der Waals surface area (Å²) in [5.41, 5.74) is 0. The predicted octanol–water partition coefficient (Wildman–Crippen LogP) is 1.25. The molecule has 0 amide bonds. The van der Waals surface area contributed by atoms with Gasteiger partial charge >= 0.3 is 52.8 Å². The van der Waals surface area contributed by atoms with Crippen molar-refractivity contribution in [2.24, 2.45) is 0 Å². The molecule has 0 fully saturated rings. The van der Waals surface area contributed by atoms with Gasteiger partial charge in [0.2, 0.25) is 0 Å². The SMILES string of the molecule is O=S(=O)([O-])C(F)(F)C(F)(F)C(F)(F)C(F)CCCCCC(F)(F)F.[Na+]. The number of hydrogen-bond donors (Lipinski definition) is 0. The molecule has 0 saturated carbocycles. The summed E-state index contributed by atoms with van der Waals surface area (Å²) >= 11 is 0. The van der Waals surface area contributed by atoms with E-state index in [2.05, 4.69) is 0 Å². The van der Waals surface area contributed by atoms with Crippen molar-refractivity contribution >= 4 is 10.1 Å². The van der Waals surface area contributed by atoms with Crippen molar-refractivity contribution in [3.8, 4) is 0 Å². The van der Waals surface area contributed by atoms with Crippen LogP contribution in [0.3, 0.4) is 0 Å². The molecule has 0 radical (unpaired) electrons. The number of rotatable bonds is 9. The van der Waals surface area contributed by atoms with Crippen LogP contribution in [0.25, 0.3) is 0 Å². The van der Waals surface area contributed by atoms with E-state index in [-0.39, 0.29) is 29.6 Å². The minimum Gasteiger partial charge on any atom is -0.743 e. The molecule has 0 aromatic rings. The molecule has 0 N–H and O–H groups in total. The van der Waals surface area contributed by atoms with Gasteiger partial charge < -0.3 is 4.55 Å². The van der Waals surface area contributed by atoms with Crippen LogP contribution in [0.5, 0.6) is 0 Å². The third-order valence-corrected chi connectivity index (χ3v) is 3.79. The maximum Gasteiger partial charge on any atom is 1.00 e. The molecular formula is C10H11F10NaO3S. The van der Waals surface area contributed by atoms with Crippen molar-refractivity contribution in [3.05, 3.63) is 0 Å². The van der Waals surface area contributed by atoms with E-state index in [1.165, 1.54) is 0 Å². The van der Waals surface area contributed by atoms with Crippen molar-refractivity contribution in [2.45, 2.75) is 61.6 Å². The molecule has 0 aromatic heterocycles. The maximum absolute atomic E-state index is 13.2. The first-order chi connectivity index (χ1) is 10.4. The number of alkyl halides is 10. The average molecular weight is 424 g/mol. The van der Waals surface area contributed by atoms with Crippen LogP contribution < -0.4 is 29.6 Å². The molecule has 146 valence electrons. The van der Waals surface area contributed by atoms with Gasteiger partial charge in [-0.05, 0) is 12.8 Å². The van der Waals surface area contributed by atoms with Gasteiger partial charge in [-0.2, -0.15) is 39.5 Å². The summed E-state index contributed by atoms with van der Waals surface area (Å²) in [7, 11) is -7.23. The smallest absolute Gasteiger partial charge is 0.743 e. The third kappa shape index (κ3) is 6.70. The Morgan fingerprint density at radius 2 is 1.28 bits per heavy atom. The van der Waals surface area contributed by atoms with Crippen LogP contribution in [-0.2, 0) is 10.1 Å². The third-order valence-electron chi connectivity index (χ3n) is 2.91. The molecule has 0 aliphatic heterocycles. The fourth-order valence-electron chi connectivity index (χ4n) is 1.55. The van der Waals surface area contributed by atoms with E-state index in [0.717, 1.165) is 0 Å². The Bertz CT molecular complexity index is 520. The molecule has 15 heteroatoms. The topological polar surface area (TPSA) is 57.2 Å². The van der Waals surface area contributed by atoms with Gasteiger partial charge in [0.15, 0.2) is 16.3 Å². The second-order valence-corrected chi connectivity index (χ2v) is 6.27. The summed E-state index contributed by atoms with van der Waals surface area (Å²) < 4.78 is 156. The summed E-state index contributed by atoms with van der Waals surface area (Å²) in [6, 6.07) is 0. The van der Waals surface area contributed by atoms with Crippen LogP contribution in [0.15, 0.2) is 0 Å². The Labute approximate surface area is 158 Å². The zero-order chi connectivity index (χ0) is 19.6. The Balaban J connectivity index is 0. The summed E-state index contributed by atoms with van der Waals surface area (Å²) in [6.07, 6.45) is -13.4. The van der Waals surface area contributed by atoms with Gasteiger partial charge in [-0.1, -0.05) is 12.8 Å². The molecule has 0 aromatic carbocycles. The van der Waals surface area contributed by atoms with Crippen molar-refractivity contribution < 1.29 is 86.4 Å². The van der Waals surface area contributed by atoms with E-state index in [4.69, 9.17) is 0 Å². The van der Waals surface area contributed by atoms with E-state index in [1.807, 2.05) is 0 Å². The largest absolute Gasteiger partial charge is 1.00 e. The molecular weight excluding hydrogens is 413 g/mol. The number of hydrogen-bond acceptors (Lipinski definition) is 3. The Morgan fingerprint density at radius 1 is 0.840 bits per heavy atom. The van der Waals surface area contributed by atoms with Crippen LogP contribution in [-0.4, -0.2) is 42.4 Å². The standard InChI is InChI=1S/C10H12F10O3S.Na/c11-6(4-2-1-3-5-7(12,13)14)8(15,16)9(17,18)10(19,20)24(21,22)23;/h6H,1-5H2,(H,21,22,23);/q;+1/p-1. The van der Waals surface area contributed by atoms with Gasteiger partial charge in [-0.3, -0.25) is 0 Å². The quantitative estimate of drug-likeness (QED) is 0.242. The first kappa shape index (κ1) is 27.4. The molecule has 25 heavy (non-hydrogen) atoms. The van der Waals surface area contributed by atoms with E-state index < -0.39 is 71.7 Å². The van der Waals surface area contributed by atoms with Crippen LogP contribution in [0.4, 0.5) is 43.9 Å². The second kappa shape index (κ2) is 8.93. The Morgan fingerprint density at radius 3 is 1.64 bits per heavy atom. The van der Waals surface area contributed by atoms with Gasteiger partial charge in [-0.25, -0.2) is 12.8 Å². The summed E-state index contributed by atoms with van der Waals surface area (Å²) in [6.45, 7) is 0. The fraction of sp³-hybridized carbons (Fsp3) is 1.00. The minimum atomic E-state index is -7.23. The summed E-state index contributed by atoms with van der Waals surface area (Å²) in [5.74, 6) is -13.1. The molecule has 0 heterocycles. The van der Waals surface area contributed by atoms with Crippen LogP contribution in [0.1, 0.15) is 32.1 Å². The molecule has 1 atom stereocenters. The first-order valence-electron chi connectivity index (χ1n) is 6.17. The minimum absolute atomic E-state index is 0. The van der Waals surface area contributed by atoms with Crippen LogP contribution in [0, 0.1) is 0 Å². The second-order valence-electron chi connectivity index (χ2n) is 4.85. The molecule has 3 nitrogen and oxygen atoms in total. The van der Waals surface area contributed by atoms with Crippen molar-refractivity contribution in [1.82, 2.24) is 0 Å². The Kier molecular flexibility index (Phi) is 9.80. The van der Waals surface area contributed by atoms with Crippen molar-refractivity contribution in [2.75, 3.05) is 0 Å². The van der Waals surface area contributed by atoms with Crippen LogP contribution in [0.2, 0.25) is 0 Å². The monoisotopic (exact) mass is 424 g/mol. The predicted molar refractivity (Wildman–Crippen MR) is 58.6 cm³/mol. The fourth-order valence-corrected chi connectivity index (χ4v) is 2.00. The zero-order valence-electron chi connectivity index (χ0n) is 12.5. The first-order valence-corrected chi connectivity index (χ1v) is 7.58. The molecule has 1 unspecified atom stereocenters. The van der Waals surface area contributed by atoms with Gasteiger partial charge in [0.05, 0.1) is 0 Å². The van der Waals surface area contributed by atoms with E-state index >= 15 is 0 Å². The number of unbranched alkanes of at least 4 members (excludes halogenated alkanes) is 2. The molecule has 0 spiro atoms. The normalized spacial score (nSPS) is 15.6. The zero-order valence-corrected chi connectivity index (χ0v) is 15.3. The molecule has 0 rings (SSSR count).